The van der Waals surface area contributed by atoms with Gasteiger partial charge in [-0.05, 0) is 36.6 Å². The van der Waals surface area contributed by atoms with E-state index in [1.807, 2.05) is 12.1 Å². The summed E-state index contributed by atoms with van der Waals surface area (Å²) < 4.78 is 0. The van der Waals surface area contributed by atoms with Gasteiger partial charge in [0.1, 0.15) is 0 Å². The van der Waals surface area contributed by atoms with Gasteiger partial charge in [0.05, 0.1) is 0 Å². The van der Waals surface area contributed by atoms with Gasteiger partial charge in [-0.2, -0.15) is 0 Å². The molecule has 16 heavy (non-hydrogen) atoms. The highest BCUT2D eigenvalue weighted by molar-refractivity contribution is 6.30. The van der Waals surface area contributed by atoms with Crippen LogP contribution in [-0.4, -0.2) is 0 Å². The van der Waals surface area contributed by atoms with Crippen LogP contribution in [0.5, 0.6) is 0 Å². The summed E-state index contributed by atoms with van der Waals surface area (Å²) in [5.74, 6) is 5.59. The molecule has 1 atom stereocenters. The molecule has 0 fully saturated rings. The van der Waals surface area contributed by atoms with Crippen molar-refractivity contribution in [3.8, 4) is 0 Å². The summed E-state index contributed by atoms with van der Waals surface area (Å²) in [6.07, 6.45) is 4.73. The molecule has 3 heteroatoms. The van der Waals surface area contributed by atoms with Crippen molar-refractivity contribution in [2.45, 2.75) is 45.6 Å². The van der Waals surface area contributed by atoms with Gasteiger partial charge < -0.3 is 0 Å². The van der Waals surface area contributed by atoms with E-state index in [2.05, 4.69) is 25.3 Å². The van der Waals surface area contributed by atoms with Gasteiger partial charge in [0.2, 0.25) is 0 Å². The smallest absolute Gasteiger partial charge is 0.0460 e. The summed E-state index contributed by atoms with van der Waals surface area (Å²) in [6.45, 7) is 4.25. The van der Waals surface area contributed by atoms with Crippen LogP contribution < -0.4 is 11.3 Å². The first-order chi connectivity index (χ1) is 7.67. The molecule has 90 valence electrons. The molecule has 0 spiro atoms. The maximum absolute atomic E-state index is 6.04. The van der Waals surface area contributed by atoms with E-state index in [0.717, 1.165) is 11.4 Å². The van der Waals surface area contributed by atoms with Crippen LogP contribution in [0.15, 0.2) is 18.2 Å². The topological polar surface area (TPSA) is 38.0 Å². The minimum Gasteiger partial charge on any atom is -0.271 e. The van der Waals surface area contributed by atoms with E-state index < -0.39 is 0 Å². The second-order valence-electron chi connectivity index (χ2n) is 4.28. The number of unbranched alkanes of at least 4 members (excludes halogenated alkanes) is 2. The number of halogens is 1. The van der Waals surface area contributed by atoms with E-state index in [1.54, 1.807) is 0 Å². The lowest BCUT2D eigenvalue weighted by Gasteiger charge is -2.17. The fourth-order valence-electron chi connectivity index (χ4n) is 1.91. The van der Waals surface area contributed by atoms with Gasteiger partial charge in [0.25, 0.3) is 0 Å². The standard InChI is InChI=1S/C13H21ClN2/c1-3-4-5-6-13(16-15)11-7-10(2)8-12(14)9-11/h7-9,13,16H,3-6,15H2,1-2H3. The Balaban J connectivity index is 2.70. The second kappa shape index (κ2) is 6.89. The van der Waals surface area contributed by atoms with Crippen LogP contribution in [0.25, 0.3) is 0 Å². The summed E-state index contributed by atoms with van der Waals surface area (Å²) in [5, 5.41) is 0.783. The quantitative estimate of drug-likeness (QED) is 0.452. The molecule has 0 aliphatic heterocycles. The molecule has 1 aromatic rings. The van der Waals surface area contributed by atoms with Crippen LogP contribution >= 0.6 is 11.6 Å². The zero-order valence-corrected chi connectivity index (χ0v) is 10.8. The average Bonchev–Trinajstić information content (AvgIpc) is 2.23. The Morgan fingerprint density at radius 2 is 2.06 bits per heavy atom. The lowest BCUT2D eigenvalue weighted by Crippen LogP contribution is -2.28. The second-order valence-corrected chi connectivity index (χ2v) is 4.71. The van der Waals surface area contributed by atoms with Gasteiger partial charge in [-0.1, -0.05) is 43.9 Å². The largest absolute Gasteiger partial charge is 0.271 e. The van der Waals surface area contributed by atoms with Crippen molar-refractivity contribution >= 4 is 11.6 Å². The highest BCUT2D eigenvalue weighted by Crippen LogP contribution is 2.23. The number of hydrazine groups is 1. The van der Waals surface area contributed by atoms with Gasteiger partial charge in [-0.25, -0.2) is 0 Å². The van der Waals surface area contributed by atoms with Crippen molar-refractivity contribution in [3.05, 3.63) is 34.3 Å². The summed E-state index contributed by atoms with van der Waals surface area (Å²) in [4.78, 5) is 0. The van der Waals surface area contributed by atoms with E-state index in [9.17, 15) is 0 Å². The van der Waals surface area contributed by atoms with Crippen LogP contribution in [0.3, 0.4) is 0 Å². The third kappa shape index (κ3) is 4.12. The number of benzene rings is 1. The zero-order chi connectivity index (χ0) is 12.0. The Labute approximate surface area is 103 Å². The first kappa shape index (κ1) is 13.5. The fraction of sp³-hybridized carbons (Fsp3) is 0.538. The van der Waals surface area contributed by atoms with Gasteiger partial charge in [-0.3, -0.25) is 11.3 Å². The lowest BCUT2D eigenvalue weighted by molar-refractivity contribution is 0.487. The predicted molar refractivity (Wildman–Crippen MR) is 70.4 cm³/mol. The van der Waals surface area contributed by atoms with Crippen molar-refractivity contribution in [1.82, 2.24) is 5.43 Å². The van der Waals surface area contributed by atoms with Crippen molar-refractivity contribution in [1.29, 1.82) is 0 Å². The number of aryl methyl sites for hydroxylation is 1. The number of rotatable bonds is 6. The molecule has 0 amide bonds. The Morgan fingerprint density at radius 1 is 1.31 bits per heavy atom. The zero-order valence-electron chi connectivity index (χ0n) is 10.1. The highest BCUT2D eigenvalue weighted by Gasteiger charge is 2.10. The van der Waals surface area contributed by atoms with Crippen molar-refractivity contribution in [2.24, 2.45) is 5.84 Å². The van der Waals surface area contributed by atoms with Gasteiger partial charge in [-0.15, -0.1) is 0 Å². The number of hydrogen-bond acceptors (Lipinski definition) is 2. The normalized spacial score (nSPS) is 12.8. The molecule has 0 radical (unpaired) electrons. The lowest BCUT2D eigenvalue weighted by atomic mass is 9.99. The Morgan fingerprint density at radius 3 is 2.62 bits per heavy atom. The molecular formula is C13H21ClN2. The van der Waals surface area contributed by atoms with Crippen LogP contribution in [0.4, 0.5) is 0 Å². The van der Waals surface area contributed by atoms with E-state index in [-0.39, 0.29) is 6.04 Å². The van der Waals surface area contributed by atoms with Crippen LogP contribution in [0, 0.1) is 6.92 Å². The van der Waals surface area contributed by atoms with Gasteiger partial charge in [0.15, 0.2) is 0 Å². The van der Waals surface area contributed by atoms with Crippen LogP contribution in [0.2, 0.25) is 5.02 Å². The molecule has 0 saturated carbocycles. The molecule has 0 aliphatic rings. The maximum atomic E-state index is 6.04. The third-order valence-corrected chi connectivity index (χ3v) is 2.98. The van der Waals surface area contributed by atoms with E-state index in [0.29, 0.717) is 0 Å². The molecule has 1 rings (SSSR count). The Bertz CT molecular complexity index is 305. The number of nitrogens with one attached hydrogen (secondary N) is 1. The summed E-state index contributed by atoms with van der Waals surface area (Å²) in [6, 6.07) is 6.31. The van der Waals surface area contributed by atoms with Crippen molar-refractivity contribution in [3.63, 3.8) is 0 Å². The molecular weight excluding hydrogens is 220 g/mol. The molecule has 3 N–H and O–H groups in total. The molecule has 0 saturated heterocycles. The number of nitrogens with two attached hydrogens (primary N) is 1. The van der Waals surface area contributed by atoms with E-state index in [1.165, 1.54) is 30.4 Å². The summed E-state index contributed by atoms with van der Waals surface area (Å²) in [5.41, 5.74) is 5.24. The highest BCUT2D eigenvalue weighted by atomic mass is 35.5. The third-order valence-electron chi connectivity index (χ3n) is 2.76. The van der Waals surface area contributed by atoms with Crippen LogP contribution in [0.1, 0.15) is 49.8 Å². The molecule has 0 aliphatic carbocycles. The summed E-state index contributed by atoms with van der Waals surface area (Å²) >= 11 is 6.04. The number of hydrogen-bond donors (Lipinski definition) is 2. The molecule has 1 unspecified atom stereocenters. The fourth-order valence-corrected chi connectivity index (χ4v) is 2.21. The Hall–Kier alpha value is -0.570. The molecule has 0 aromatic heterocycles. The predicted octanol–water partition coefficient (Wildman–Crippen LogP) is 3.73. The Kier molecular flexibility index (Phi) is 5.81. The monoisotopic (exact) mass is 240 g/mol. The molecule has 0 heterocycles. The molecule has 0 bridgehead atoms. The van der Waals surface area contributed by atoms with E-state index >= 15 is 0 Å². The van der Waals surface area contributed by atoms with Crippen molar-refractivity contribution in [2.75, 3.05) is 0 Å². The van der Waals surface area contributed by atoms with E-state index in [4.69, 9.17) is 17.4 Å². The van der Waals surface area contributed by atoms with Crippen LogP contribution in [-0.2, 0) is 0 Å². The van der Waals surface area contributed by atoms with Crippen molar-refractivity contribution < 1.29 is 0 Å². The maximum Gasteiger partial charge on any atom is 0.0460 e. The molecule has 2 nitrogen and oxygen atoms in total. The van der Waals surface area contributed by atoms with Gasteiger partial charge >= 0.3 is 0 Å². The van der Waals surface area contributed by atoms with Gasteiger partial charge in [0, 0.05) is 11.1 Å². The minimum atomic E-state index is 0.212. The average molecular weight is 241 g/mol. The SMILES string of the molecule is CCCCCC(NN)c1cc(C)cc(Cl)c1. The first-order valence-corrected chi connectivity index (χ1v) is 6.28. The summed E-state index contributed by atoms with van der Waals surface area (Å²) in [7, 11) is 0. The first-order valence-electron chi connectivity index (χ1n) is 5.90. The molecule has 1 aromatic carbocycles. The minimum absolute atomic E-state index is 0.212.